The van der Waals surface area contributed by atoms with Gasteiger partial charge in [-0.3, -0.25) is 0 Å². The highest BCUT2D eigenvalue weighted by Gasteiger charge is 2.11. The van der Waals surface area contributed by atoms with Gasteiger partial charge in [0.15, 0.2) is 0 Å². The minimum absolute atomic E-state index is 0. The second kappa shape index (κ2) is 5.09. The monoisotopic (exact) mass is 257 g/mol. The maximum absolute atomic E-state index is 9.66. The van der Waals surface area contributed by atoms with Gasteiger partial charge in [-0.1, -0.05) is 0 Å². The second-order valence-corrected chi connectivity index (χ2v) is 3.86. The third kappa shape index (κ3) is 2.71. The van der Waals surface area contributed by atoms with Crippen LogP contribution < -0.4 is 22.7 Å². The SMILES string of the molecule is Cc1nn(CCn2cc[n+](C)c2)c(O)c1N.[Cl-]. The Morgan fingerprint density at radius 3 is 2.65 bits per heavy atom. The van der Waals surface area contributed by atoms with Gasteiger partial charge in [0.25, 0.3) is 0 Å². The zero-order valence-electron chi connectivity index (χ0n) is 9.84. The lowest BCUT2D eigenvalue weighted by Crippen LogP contribution is -3.00. The van der Waals surface area contributed by atoms with E-state index < -0.39 is 0 Å². The Labute approximate surface area is 106 Å². The number of hydrogen-bond donors (Lipinski definition) is 2. The molecule has 0 radical (unpaired) electrons. The topological polar surface area (TPSA) is 72.9 Å². The summed E-state index contributed by atoms with van der Waals surface area (Å²) in [6, 6.07) is 0. The van der Waals surface area contributed by atoms with E-state index >= 15 is 0 Å². The predicted molar refractivity (Wildman–Crippen MR) is 58.6 cm³/mol. The summed E-state index contributed by atoms with van der Waals surface area (Å²) in [6.07, 6.45) is 5.90. The molecule has 0 atom stereocenters. The van der Waals surface area contributed by atoms with Gasteiger partial charge in [-0.15, -0.1) is 0 Å². The van der Waals surface area contributed by atoms with Crippen molar-refractivity contribution in [2.45, 2.75) is 20.0 Å². The molecule has 0 aliphatic carbocycles. The van der Waals surface area contributed by atoms with Gasteiger partial charge in [0, 0.05) is 0 Å². The van der Waals surface area contributed by atoms with Crippen LogP contribution in [0.15, 0.2) is 18.7 Å². The average Bonchev–Trinajstić information content (AvgIpc) is 2.76. The third-order valence-corrected chi connectivity index (χ3v) is 2.54. The first-order valence-electron chi connectivity index (χ1n) is 5.11. The van der Waals surface area contributed by atoms with Crippen LogP contribution in [0, 0.1) is 6.92 Å². The molecule has 0 saturated carbocycles. The number of anilines is 1. The van der Waals surface area contributed by atoms with Crippen molar-refractivity contribution in [3.05, 3.63) is 24.4 Å². The number of imidazole rings is 1. The Kier molecular flexibility index (Phi) is 4.01. The Morgan fingerprint density at radius 1 is 1.47 bits per heavy atom. The first kappa shape index (κ1) is 13.4. The van der Waals surface area contributed by atoms with Crippen LogP contribution in [0.2, 0.25) is 0 Å². The minimum Gasteiger partial charge on any atom is -1.00 e. The van der Waals surface area contributed by atoms with Crippen LogP contribution in [-0.2, 0) is 20.1 Å². The molecule has 0 fully saturated rings. The largest absolute Gasteiger partial charge is 1.00 e. The zero-order valence-corrected chi connectivity index (χ0v) is 10.6. The third-order valence-electron chi connectivity index (χ3n) is 2.54. The molecule has 0 aliphatic rings. The summed E-state index contributed by atoms with van der Waals surface area (Å²) in [5.41, 5.74) is 6.65. The van der Waals surface area contributed by atoms with E-state index in [4.69, 9.17) is 5.73 Å². The Hall–Kier alpha value is -1.69. The summed E-state index contributed by atoms with van der Waals surface area (Å²) >= 11 is 0. The van der Waals surface area contributed by atoms with Gasteiger partial charge < -0.3 is 23.2 Å². The number of rotatable bonds is 3. The minimum atomic E-state index is 0. The second-order valence-electron chi connectivity index (χ2n) is 3.86. The maximum atomic E-state index is 9.66. The van der Waals surface area contributed by atoms with Gasteiger partial charge in [-0.25, -0.2) is 13.8 Å². The molecule has 94 valence electrons. The highest BCUT2D eigenvalue weighted by molar-refractivity contribution is 5.51. The summed E-state index contributed by atoms with van der Waals surface area (Å²) in [5, 5.41) is 13.8. The van der Waals surface area contributed by atoms with Crippen molar-refractivity contribution >= 4 is 5.69 Å². The Balaban J connectivity index is 0.00000144. The number of halogens is 1. The summed E-state index contributed by atoms with van der Waals surface area (Å²) in [5.74, 6) is 0.0500. The lowest BCUT2D eigenvalue weighted by molar-refractivity contribution is -0.671. The lowest BCUT2D eigenvalue weighted by atomic mass is 10.4. The van der Waals surface area contributed by atoms with Crippen molar-refractivity contribution in [3.8, 4) is 5.88 Å². The molecule has 0 aromatic carbocycles. The Bertz CT molecular complexity index is 505. The van der Waals surface area contributed by atoms with E-state index in [9.17, 15) is 5.11 Å². The van der Waals surface area contributed by atoms with Gasteiger partial charge in [0.05, 0.1) is 19.3 Å². The normalized spacial score (nSPS) is 10.2. The van der Waals surface area contributed by atoms with Crippen molar-refractivity contribution in [1.82, 2.24) is 14.3 Å². The number of nitrogen functional groups attached to an aromatic ring is 1. The number of hydrogen-bond acceptors (Lipinski definition) is 3. The summed E-state index contributed by atoms with van der Waals surface area (Å²) in [4.78, 5) is 0. The summed E-state index contributed by atoms with van der Waals surface area (Å²) < 4.78 is 5.50. The fourth-order valence-corrected chi connectivity index (χ4v) is 1.58. The first-order chi connectivity index (χ1) is 7.58. The van der Waals surface area contributed by atoms with E-state index in [2.05, 4.69) is 5.10 Å². The van der Waals surface area contributed by atoms with Crippen LogP contribution in [0.3, 0.4) is 0 Å². The molecule has 3 N–H and O–H groups in total. The molecule has 2 aromatic rings. The van der Waals surface area contributed by atoms with Crippen molar-refractivity contribution in [2.24, 2.45) is 7.05 Å². The van der Waals surface area contributed by atoms with Crippen molar-refractivity contribution in [2.75, 3.05) is 5.73 Å². The quantitative estimate of drug-likeness (QED) is 0.569. The molecule has 6 nitrogen and oxygen atoms in total. The average molecular weight is 258 g/mol. The summed E-state index contributed by atoms with van der Waals surface area (Å²) in [6.45, 7) is 3.12. The molecule has 2 aromatic heterocycles. The molecule has 17 heavy (non-hydrogen) atoms. The smallest absolute Gasteiger partial charge is 0.243 e. The molecule has 0 bridgehead atoms. The molecular weight excluding hydrogens is 242 g/mol. The molecule has 2 rings (SSSR count). The van der Waals surface area contributed by atoms with Crippen LogP contribution in [0.25, 0.3) is 0 Å². The first-order valence-corrected chi connectivity index (χ1v) is 5.11. The van der Waals surface area contributed by atoms with E-state index in [1.54, 1.807) is 6.92 Å². The zero-order chi connectivity index (χ0) is 11.7. The van der Waals surface area contributed by atoms with Gasteiger partial charge in [0.2, 0.25) is 12.2 Å². The number of nitrogens with zero attached hydrogens (tertiary/aromatic N) is 4. The van der Waals surface area contributed by atoms with Gasteiger partial charge in [-0.2, -0.15) is 5.10 Å². The molecule has 0 spiro atoms. The number of nitrogens with two attached hydrogens (primary N) is 1. The van der Waals surface area contributed by atoms with Crippen LogP contribution in [0.5, 0.6) is 5.88 Å². The maximum Gasteiger partial charge on any atom is 0.243 e. The molecule has 0 unspecified atom stereocenters. The number of aromatic hydroxyl groups is 1. The Morgan fingerprint density at radius 2 is 2.18 bits per heavy atom. The van der Waals surface area contributed by atoms with Crippen LogP contribution in [0.1, 0.15) is 5.69 Å². The van der Waals surface area contributed by atoms with E-state index in [-0.39, 0.29) is 18.3 Å². The fourth-order valence-electron chi connectivity index (χ4n) is 1.58. The van der Waals surface area contributed by atoms with Crippen molar-refractivity contribution < 1.29 is 22.1 Å². The standard InChI is InChI=1S/C10H15N5O.ClH/c1-8-9(11)10(16)15(12-8)6-5-14-4-3-13(2)7-14;/h3-4,7H,5-6,11H2,1-2H3;1H. The fraction of sp³-hybridized carbons (Fsp3) is 0.400. The molecular formula is C10H16ClN5O. The molecule has 0 amide bonds. The molecule has 7 heteroatoms. The van der Waals surface area contributed by atoms with E-state index in [1.807, 2.05) is 34.9 Å². The number of aryl methyl sites for hydroxylation is 4. The lowest BCUT2D eigenvalue weighted by Gasteiger charge is -2.00. The number of aromatic nitrogens is 4. The molecule has 0 saturated heterocycles. The highest BCUT2D eigenvalue weighted by atomic mass is 35.5. The van der Waals surface area contributed by atoms with Crippen LogP contribution >= 0.6 is 0 Å². The molecule has 0 aliphatic heterocycles. The van der Waals surface area contributed by atoms with Crippen molar-refractivity contribution in [1.29, 1.82) is 0 Å². The van der Waals surface area contributed by atoms with E-state index in [1.165, 1.54) is 4.68 Å². The highest BCUT2D eigenvalue weighted by Crippen LogP contribution is 2.22. The van der Waals surface area contributed by atoms with Gasteiger partial charge in [-0.05, 0) is 6.92 Å². The molecule has 2 heterocycles. The van der Waals surface area contributed by atoms with E-state index in [0.29, 0.717) is 17.9 Å². The van der Waals surface area contributed by atoms with Crippen molar-refractivity contribution in [3.63, 3.8) is 0 Å². The van der Waals surface area contributed by atoms with E-state index in [0.717, 1.165) is 6.54 Å². The summed E-state index contributed by atoms with van der Waals surface area (Å²) in [7, 11) is 1.96. The van der Waals surface area contributed by atoms with Gasteiger partial charge in [0.1, 0.15) is 24.6 Å². The van der Waals surface area contributed by atoms with Gasteiger partial charge >= 0.3 is 0 Å². The van der Waals surface area contributed by atoms with Crippen LogP contribution in [-0.4, -0.2) is 19.5 Å². The van der Waals surface area contributed by atoms with Crippen LogP contribution in [0.4, 0.5) is 5.69 Å². The predicted octanol–water partition coefficient (Wildman–Crippen LogP) is -3.19.